The molecule has 3 amide bonds. The minimum absolute atomic E-state index is 0.0804. The molecule has 6 nitrogen and oxygen atoms in total. The zero-order chi connectivity index (χ0) is 19.2. The minimum Gasteiger partial charge on any atom is -0.423 e. The number of imide groups is 1. The molecule has 0 atom stereocenters. The summed E-state index contributed by atoms with van der Waals surface area (Å²) in [6, 6.07) is 4.79. The fraction of sp³-hybridized carbons (Fsp3) is 0.476. The molecular formula is C21H24N2O4. The van der Waals surface area contributed by atoms with Crippen molar-refractivity contribution in [1.29, 1.82) is 0 Å². The van der Waals surface area contributed by atoms with Gasteiger partial charge in [-0.25, -0.2) is 9.59 Å². The van der Waals surface area contributed by atoms with Gasteiger partial charge >= 0.3 is 11.7 Å². The lowest BCUT2D eigenvalue weighted by atomic mass is 9.90. The SMILES string of the molecule is Cc1cc2oc(=O)cc(CN3C(=O)NC4(CCCCCC4)C3=O)c2cc1C. The van der Waals surface area contributed by atoms with E-state index >= 15 is 0 Å². The topological polar surface area (TPSA) is 79.6 Å². The van der Waals surface area contributed by atoms with E-state index in [2.05, 4.69) is 5.32 Å². The number of hydrogen-bond donors (Lipinski definition) is 1. The molecule has 1 spiro atoms. The number of hydrogen-bond acceptors (Lipinski definition) is 4. The van der Waals surface area contributed by atoms with Crippen LogP contribution in [-0.2, 0) is 11.3 Å². The van der Waals surface area contributed by atoms with Crippen molar-refractivity contribution in [2.45, 2.75) is 64.5 Å². The minimum atomic E-state index is -0.769. The molecule has 6 heteroatoms. The predicted octanol–water partition coefficient (Wildman–Crippen LogP) is 3.55. The number of aryl methyl sites for hydroxylation is 2. The van der Waals surface area contributed by atoms with E-state index < -0.39 is 11.2 Å². The summed E-state index contributed by atoms with van der Waals surface area (Å²) in [7, 11) is 0. The standard InChI is InChI=1S/C21H24N2O4/c1-13-9-16-15(11-18(24)27-17(16)10-14(13)2)12-23-19(25)21(22-20(23)26)7-5-3-4-6-8-21/h9-11H,3-8,12H2,1-2H3,(H,22,26). The number of urea groups is 1. The molecule has 0 bridgehead atoms. The fourth-order valence-electron chi connectivity index (χ4n) is 4.27. The van der Waals surface area contributed by atoms with Crippen LogP contribution in [0.25, 0.3) is 11.0 Å². The molecule has 1 aromatic heterocycles. The number of carbonyl (C=O) groups is 2. The number of carbonyl (C=O) groups excluding carboxylic acids is 2. The Morgan fingerprint density at radius 3 is 2.37 bits per heavy atom. The number of rotatable bonds is 2. The molecule has 1 saturated carbocycles. The van der Waals surface area contributed by atoms with E-state index in [0.29, 0.717) is 24.0 Å². The van der Waals surface area contributed by atoms with Crippen LogP contribution in [0.2, 0.25) is 0 Å². The maximum absolute atomic E-state index is 13.1. The second-order valence-electron chi connectivity index (χ2n) is 7.84. The zero-order valence-electron chi connectivity index (χ0n) is 15.8. The largest absolute Gasteiger partial charge is 0.423 e. The van der Waals surface area contributed by atoms with E-state index in [1.54, 1.807) is 0 Å². The molecule has 1 N–H and O–H groups in total. The highest BCUT2D eigenvalue weighted by Gasteiger charge is 2.50. The summed E-state index contributed by atoms with van der Waals surface area (Å²) < 4.78 is 5.32. The number of benzene rings is 1. The van der Waals surface area contributed by atoms with Gasteiger partial charge in [0.25, 0.3) is 5.91 Å². The number of nitrogens with one attached hydrogen (secondary N) is 1. The highest BCUT2D eigenvalue weighted by molar-refractivity contribution is 6.07. The van der Waals surface area contributed by atoms with E-state index in [1.165, 1.54) is 11.0 Å². The van der Waals surface area contributed by atoms with E-state index in [0.717, 1.165) is 42.2 Å². The predicted molar refractivity (Wildman–Crippen MR) is 101 cm³/mol. The van der Waals surface area contributed by atoms with Gasteiger partial charge < -0.3 is 9.73 Å². The summed E-state index contributed by atoms with van der Waals surface area (Å²) >= 11 is 0. The molecule has 0 unspecified atom stereocenters. The van der Waals surface area contributed by atoms with Gasteiger partial charge in [-0.3, -0.25) is 9.69 Å². The molecule has 2 aliphatic rings. The first-order valence-electron chi connectivity index (χ1n) is 9.58. The van der Waals surface area contributed by atoms with Crippen LogP contribution in [0.1, 0.15) is 55.2 Å². The Labute approximate surface area is 157 Å². The van der Waals surface area contributed by atoms with Crippen molar-refractivity contribution in [1.82, 2.24) is 10.2 Å². The van der Waals surface area contributed by atoms with E-state index in [-0.39, 0.29) is 18.5 Å². The molecule has 142 valence electrons. The van der Waals surface area contributed by atoms with Crippen molar-refractivity contribution >= 4 is 22.9 Å². The third kappa shape index (κ3) is 3.03. The molecule has 4 rings (SSSR count). The Hall–Kier alpha value is -2.63. The van der Waals surface area contributed by atoms with E-state index in [1.807, 2.05) is 26.0 Å². The Kier molecular flexibility index (Phi) is 4.29. The van der Waals surface area contributed by atoms with Gasteiger partial charge in [-0.2, -0.15) is 0 Å². The van der Waals surface area contributed by atoms with Gasteiger partial charge in [0.05, 0.1) is 6.54 Å². The molecule has 1 aliphatic heterocycles. The molecule has 1 aliphatic carbocycles. The third-order valence-electron chi connectivity index (χ3n) is 5.98. The lowest BCUT2D eigenvalue weighted by Gasteiger charge is -2.24. The highest BCUT2D eigenvalue weighted by atomic mass is 16.4. The summed E-state index contributed by atoms with van der Waals surface area (Å²) in [5, 5.41) is 3.71. The Bertz CT molecular complexity index is 984. The van der Waals surface area contributed by atoms with Crippen LogP contribution in [-0.4, -0.2) is 22.4 Å². The molecule has 0 radical (unpaired) electrons. The van der Waals surface area contributed by atoms with Crippen molar-refractivity contribution in [3.05, 3.63) is 45.3 Å². The van der Waals surface area contributed by atoms with Crippen LogP contribution in [0.3, 0.4) is 0 Å². The Balaban J connectivity index is 1.72. The molecule has 2 heterocycles. The summed E-state index contributed by atoms with van der Waals surface area (Å²) in [6.07, 6.45) is 5.43. The number of fused-ring (bicyclic) bond motifs is 1. The van der Waals surface area contributed by atoms with Crippen LogP contribution in [0.15, 0.2) is 27.4 Å². The first kappa shape index (κ1) is 17.8. The second kappa shape index (κ2) is 6.51. The number of nitrogens with zero attached hydrogens (tertiary/aromatic N) is 1. The van der Waals surface area contributed by atoms with Gasteiger partial charge in [0.2, 0.25) is 0 Å². The van der Waals surface area contributed by atoms with Gasteiger partial charge in [-0.05, 0) is 55.5 Å². The average molecular weight is 368 g/mol. The molecule has 1 saturated heterocycles. The number of amides is 3. The summed E-state index contributed by atoms with van der Waals surface area (Å²) in [6.45, 7) is 4.02. The lowest BCUT2D eigenvalue weighted by Crippen LogP contribution is -2.46. The van der Waals surface area contributed by atoms with Crippen LogP contribution >= 0.6 is 0 Å². The van der Waals surface area contributed by atoms with Crippen molar-refractivity contribution in [2.24, 2.45) is 0 Å². The second-order valence-corrected chi connectivity index (χ2v) is 7.84. The summed E-state index contributed by atoms with van der Waals surface area (Å²) in [5.74, 6) is -0.167. The smallest absolute Gasteiger partial charge is 0.336 e. The fourth-order valence-corrected chi connectivity index (χ4v) is 4.27. The van der Waals surface area contributed by atoms with E-state index in [4.69, 9.17) is 4.42 Å². The van der Waals surface area contributed by atoms with Crippen LogP contribution in [0.4, 0.5) is 4.79 Å². The summed E-state index contributed by atoms with van der Waals surface area (Å²) in [4.78, 5) is 39.0. The van der Waals surface area contributed by atoms with E-state index in [9.17, 15) is 14.4 Å². The lowest BCUT2D eigenvalue weighted by molar-refractivity contribution is -0.132. The average Bonchev–Trinajstić information content (AvgIpc) is 2.79. The van der Waals surface area contributed by atoms with Gasteiger partial charge in [0, 0.05) is 11.5 Å². The first-order chi connectivity index (χ1) is 12.9. The van der Waals surface area contributed by atoms with Gasteiger partial charge in [-0.1, -0.05) is 25.7 Å². The zero-order valence-corrected chi connectivity index (χ0v) is 15.8. The maximum Gasteiger partial charge on any atom is 0.336 e. The van der Waals surface area contributed by atoms with Gasteiger partial charge in [0.15, 0.2) is 0 Å². The monoisotopic (exact) mass is 368 g/mol. The van der Waals surface area contributed by atoms with Crippen molar-refractivity contribution in [3.8, 4) is 0 Å². The molecule has 2 fully saturated rings. The van der Waals surface area contributed by atoms with Crippen LogP contribution in [0.5, 0.6) is 0 Å². The molecular weight excluding hydrogens is 344 g/mol. The molecule has 27 heavy (non-hydrogen) atoms. The molecule has 1 aromatic carbocycles. The Morgan fingerprint density at radius 1 is 1.00 bits per heavy atom. The highest BCUT2D eigenvalue weighted by Crippen LogP contribution is 2.34. The third-order valence-corrected chi connectivity index (χ3v) is 5.98. The van der Waals surface area contributed by atoms with Crippen molar-refractivity contribution in [2.75, 3.05) is 0 Å². The van der Waals surface area contributed by atoms with Crippen molar-refractivity contribution < 1.29 is 14.0 Å². The quantitative estimate of drug-likeness (QED) is 0.649. The van der Waals surface area contributed by atoms with Gasteiger partial charge in [0.1, 0.15) is 11.1 Å². The Morgan fingerprint density at radius 2 is 1.67 bits per heavy atom. The normalized spacial score (nSPS) is 19.6. The van der Waals surface area contributed by atoms with Crippen molar-refractivity contribution in [3.63, 3.8) is 0 Å². The first-order valence-corrected chi connectivity index (χ1v) is 9.58. The van der Waals surface area contributed by atoms with Crippen LogP contribution in [0, 0.1) is 13.8 Å². The van der Waals surface area contributed by atoms with Gasteiger partial charge in [-0.15, -0.1) is 0 Å². The van der Waals surface area contributed by atoms with Crippen LogP contribution < -0.4 is 10.9 Å². The summed E-state index contributed by atoms with van der Waals surface area (Å²) in [5.41, 5.74) is 1.97. The molecule has 2 aromatic rings. The maximum atomic E-state index is 13.1.